The fourth-order valence-electron chi connectivity index (χ4n) is 2.80. The molecule has 6 heteroatoms. The monoisotopic (exact) mass is 285 g/mol. The second-order valence-electron chi connectivity index (χ2n) is 5.62. The lowest BCUT2D eigenvalue weighted by molar-refractivity contribution is -0.148. The minimum Gasteiger partial charge on any atom is -0.481 e. The van der Waals surface area contributed by atoms with Crippen molar-refractivity contribution in [1.29, 1.82) is 0 Å². The first-order valence-corrected chi connectivity index (χ1v) is 7.31. The van der Waals surface area contributed by atoms with Crippen molar-refractivity contribution < 1.29 is 24.2 Å². The van der Waals surface area contributed by atoms with E-state index in [0.29, 0.717) is 32.2 Å². The molecule has 2 saturated heterocycles. The molecule has 1 amide bonds. The lowest BCUT2D eigenvalue weighted by Gasteiger charge is -2.32. The maximum atomic E-state index is 12.1. The first kappa shape index (κ1) is 15.3. The summed E-state index contributed by atoms with van der Waals surface area (Å²) in [7, 11) is 0. The van der Waals surface area contributed by atoms with E-state index in [-0.39, 0.29) is 24.5 Å². The average molecular weight is 285 g/mol. The van der Waals surface area contributed by atoms with Crippen molar-refractivity contribution in [2.75, 3.05) is 19.7 Å². The van der Waals surface area contributed by atoms with Gasteiger partial charge in [-0.2, -0.15) is 0 Å². The summed E-state index contributed by atoms with van der Waals surface area (Å²) in [5, 5.41) is 8.76. The number of morpholine rings is 1. The van der Waals surface area contributed by atoms with Crippen LogP contribution in [0.1, 0.15) is 39.0 Å². The molecule has 0 aromatic rings. The molecule has 2 aliphatic heterocycles. The third kappa shape index (κ3) is 4.45. The molecule has 3 atom stereocenters. The van der Waals surface area contributed by atoms with Gasteiger partial charge in [0, 0.05) is 19.5 Å². The van der Waals surface area contributed by atoms with Crippen molar-refractivity contribution in [1.82, 2.24) is 4.90 Å². The molecule has 2 aliphatic rings. The van der Waals surface area contributed by atoms with Crippen LogP contribution >= 0.6 is 0 Å². The summed E-state index contributed by atoms with van der Waals surface area (Å²) < 4.78 is 11.1. The van der Waals surface area contributed by atoms with Gasteiger partial charge in [0.1, 0.15) is 0 Å². The molecule has 114 valence electrons. The molecule has 2 rings (SSSR count). The number of carboxylic acids is 1. The van der Waals surface area contributed by atoms with Gasteiger partial charge in [0.15, 0.2) is 0 Å². The predicted molar refractivity (Wildman–Crippen MR) is 71.4 cm³/mol. The maximum absolute atomic E-state index is 12.1. The van der Waals surface area contributed by atoms with E-state index < -0.39 is 5.97 Å². The number of carbonyl (C=O) groups excluding carboxylic acids is 1. The van der Waals surface area contributed by atoms with Crippen LogP contribution < -0.4 is 0 Å². The third-order valence-corrected chi connectivity index (χ3v) is 3.89. The summed E-state index contributed by atoms with van der Waals surface area (Å²) in [5.74, 6) is -0.815. The van der Waals surface area contributed by atoms with Crippen LogP contribution in [0.4, 0.5) is 0 Å². The number of ether oxygens (including phenoxy) is 2. The normalized spacial score (nSPS) is 30.4. The van der Waals surface area contributed by atoms with E-state index in [1.165, 1.54) is 0 Å². The fourth-order valence-corrected chi connectivity index (χ4v) is 2.80. The molecule has 0 saturated carbocycles. The second kappa shape index (κ2) is 7.04. The highest BCUT2D eigenvalue weighted by Gasteiger charge is 2.27. The van der Waals surface area contributed by atoms with Gasteiger partial charge in [0.05, 0.1) is 31.3 Å². The van der Waals surface area contributed by atoms with E-state index in [2.05, 4.69) is 6.92 Å². The molecule has 0 radical (unpaired) electrons. The molecule has 1 N–H and O–H groups in total. The Bertz CT molecular complexity index is 359. The number of rotatable bonds is 5. The first-order valence-electron chi connectivity index (χ1n) is 7.31. The van der Waals surface area contributed by atoms with Crippen LogP contribution in [0, 0.1) is 0 Å². The highest BCUT2D eigenvalue weighted by Crippen LogP contribution is 2.23. The van der Waals surface area contributed by atoms with Crippen molar-refractivity contribution in [2.24, 2.45) is 0 Å². The van der Waals surface area contributed by atoms with Crippen molar-refractivity contribution in [3.63, 3.8) is 0 Å². The molecule has 6 nitrogen and oxygen atoms in total. The number of nitrogens with zero attached hydrogens (tertiary/aromatic N) is 1. The van der Waals surface area contributed by atoms with Gasteiger partial charge in [-0.15, -0.1) is 0 Å². The smallest absolute Gasteiger partial charge is 0.306 e. The number of hydrogen-bond acceptors (Lipinski definition) is 4. The van der Waals surface area contributed by atoms with Crippen LogP contribution in [0.3, 0.4) is 0 Å². The Balaban J connectivity index is 1.72. The van der Waals surface area contributed by atoms with Crippen LogP contribution in [0.5, 0.6) is 0 Å². The SMILES string of the molecule is C[C@@H]1CC[C@@H](CCC(=O)N2CCO[C@@H](CC(=O)O)C2)O1. The topological polar surface area (TPSA) is 76.1 Å². The quantitative estimate of drug-likeness (QED) is 0.816. The van der Waals surface area contributed by atoms with Crippen LogP contribution in [0.25, 0.3) is 0 Å². The van der Waals surface area contributed by atoms with Crippen molar-refractivity contribution in [3.05, 3.63) is 0 Å². The minimum absolute atomic E-state index is 0.0486. The fraction of sp³-hybridized carbons (Fsp3) is 0.857. The molecule has 0 aliphatic carbocycles. The Morgan fingerprint density at radius 1 is 1.30 bits per heavy atom. The molecule has 0 spiro atoms. The zero-order valence-corrected chi connectivity index (χ0v) is 11.9. The molecular weight excluding hydrogens is 262 g/mol. The van der Waals surface area contributed by atoms with E-state index in [4.69, 9.17) is 14.6 Å². The molecule has 2 fully saturated rings. The van der Waals surface area contributed by atoms with Gasteiger partial charge in [-0.3, -0.25) is 9.59 Å². The van der Waals surface area contributed by atoms with Gasteiger partial charge < -0.3 is 19.5 Å². The zero-order valence-electron chi connectivity index (χ0n) is 11.9. The lowest BCUT2D eigenvalue weighted by atomic mass is 10.1. The summed E-state index contributed by atoms with van der Waals surface area (Å²) in [4.78, 5) is 24.5. The standard InChI is InChI=1S/C14H23NO5/c1-10-2-3-11(20-10)4-5-13(16)15-6-7-19-12(9-15)8-14(17)18/h10-12H,2-9H2,1H3,(H,17,18)/t10-,11+,12+/m1/s1. The van der Waals surface area contributed by atoms with Gasteiger partial charge in [-0.25, -0.2) is 0 Å². The lowest BCUT2D eigenvalue weighted by Crippen LogP contribution is -2.46. The van der Waals surface area contributed by atoms with Crippen LogP contribution in [-0.2, 0) is 19.1 Å². The second-order valence-corrected chi connectivity index (χ2v) is 5.62. The van der Waals surface area contributed by atoms with E-state index in [9.17, 15) is 9.59 Å². The minimum atomic E-state index is -0.891. The van der Waals surface area contributed by atoms with Crippen molar-refractivity contribution >= 4 is 11.9 Å². The van der Waals surface area contributed by atoms with E-state index in [1.807, 2.05) is 0 Å². The Kier molecular flexibility index (Phi) is 5.37. The Morgan fingerprint density at radius 3 is 2.75 bits per heavy atom. The summed E-state index contributed by atoms with van der Waals surface area (Å²) in [6, 6.07) is 0. The van der Waals surface area contributed by atoms with Gasteiger partial charge in [0.2, 0.25) is 5.91 Å². The largest absolute Gasteiger partial charge is 0.481 e. The summed E-state index contributed by atoms with van der Waals surface area (Å²) >= 11 is 0. The molecule has 0 aromatic heterocycles. The molecule has 20 heavy (non-hydrogen) atoms. The molecular formula is C14H23NO5. The van der Waals surface area contributed by atoms with E-state index >= 15 is 0 Å². The van der Waals surface area contributed by atoms with E-state index in [0.717, 1.165) is 19.3 Å². The highest BCUT2D eigenvalue weighted by atomic mass is 16.5. The molecule has 0 aromatic carbocycles. The zero-order chi connectivity index (χ0) is 14.5. The summed E-state index contributed by atoms with van der Waals surface area (Å²) in [6.45, 7) is 3.41. The Morgan fingerprint density at radius 2 is 2.10 bits per heavy atom. The molecule has 0 bridgehead atoms. The average Bonchev–Trinajstić information content (AvgIpc) is 2.81. The van der Waals surface area contributed by atoms with Gasteiger partial charge in [-0.05, 0) is 26.2 Å². The number of carboxylic acid groups (broad SMARTS) is 1. The molecule has 0 unspecified atom stereocenters. The Labute approximate surface area is 119 Å². The van der Waals surface area contributed by atoms with Crippen LogP contribution in [-0.4, -0.2) is 59.9 Å². The summed E-state index contributed by atoms with van der Waals surface area (Å²) in [6.07, 6.45) is 3.39. The number of hydrogen-bond donors (Lipinski definition) is 1. The maximum Gasteiger partial charge on any atom is 0.306 e. The van der Waals surface area contributed by atoms with Crippen molar-refractivity contribution in [2.45, 2.75) is 57.3 Å². The van der Waals surface area contributed by atoms with Gasteiger partial charge in [-0.1, -0.05) is 0 Å². The number of carbonyl (C=O) groups is 2. The number of amides is 1. The van der Waals surface area contributed by atoms with Crippen molar-refractivity contribution in [3.8, 4) is 0 Å². The Hall–Kier alpha value is -1.14. The van der Waals surface area contributed by atoms with E-state index in [1.54, 1.807) is 4.90 Å². The summed E-state index contributed by atoms with van der Waals surface area (Å²) in [5.41, 5.74) is 0. The highest BCUT2D eigenvalue weighted by molar-refractivity contribution is 5.76. The van der Waals surface area contributed by atoms with Gasteiger partial charge in [0.25, 0.3) is 0 Å². The number of aliphatic carboxylic acids is 1. The van der Waals surface area contributed by atoms with Crippen LogP contribution in [0.15, 0.2) is 0 Å². The first-order chi connectivity index (χ1) is 9.54. The third-order valence-electron chi connectivity index (χ3n) is 3.89. The predicted octanol–water partition coefficient (Wildman–Crippen LogP) is 1.04. The molecule has 2 heterocycles. The van der Waals surface area contributed by atoms with Gasteiger partial charge >= 0.3 is 5.97 Å². The van der Waals surface area contributed by atoms with Crippen LogP contribution in [0.2, 0.25) is 0 Å².